The van der Waals surface area contributed by atoms with Gasteiger partial charge in [0.15, 0.2) is 11.6 Å². The number of ether oxygens (including phenoxy) is 1. The van der Waals surface area contributed by atoms with Crippen LogP contribution in [0.4, 0.5) is 8.78 Å². The van der Waals surface area contributed by atoms with Gasteiger partial charge in [0.2, 0.25) is 11.7 Å². The highest BCUT2D eigenvalue weighted by Crippen LogP contribution is 2.29. The minimum atomic E-state index is -1.09. The first-order chi connectivity index (χ1) is 8.97. The topological polar surface area (TPSA) is 42.4 Å². The smallest absolute Gasteiger partial charge is 0.219 e. The van der Waals surface area contributed by atoms with Crippen LogP contribution in [-0.4, -0.2) is 10.1 Å². The van der Waals surface area contributed by atoms with Crippen LogP contribution >= 0.6 is 15.9 Å². The molecule has 3 nitrogen and oxygen atoms in total. The third-order valence-electron chi connectivity index (χ3n) is 2.42. The van der Waals surface area contributed by atoms with E-state index in [0.29, 0.717) is 10.0 Å². The second-order valence-corrected chi connectivity index (χ2v) is 4.82. The molecule has 1 unspecified atom stereocenters. The van der Waals surface area contributed by atoms with Gasteiger partial charge < -0.3 is 9.84 Å². The Labute approximate surface area is 117 Å². The number of aromatic nitrogens is 1. The first kappa shape index (κ1) is 13.9. The van der Waals surface area contributed by atoms with Gasteiger partial charge in [-0.15, -0.1) is 0 Å². The number of rotatable bonds is 3. The van der Waals surface area contributed by atoms with Crippen LogP contribution in [0.3, 0.4) is 0 Å². The molecule has 0 saturated heterocycles. The summed E-state index contributed by atoms with van der Waals surface area (Å²) in [4.78, 5) is 3.88. The molecular formula is C13H10BrF2NO2. The van der Waals surface area contributed by atoms with Crippen molar-refractivity contribution in [3.05, 3.63) is 52.1 Å². The third kappa shape index (κ3) is 3.27. The SMILES string of the molecule is CC(O)c1ccnc(Oc2cc(Br)cc(F)c2F)c1. The Kier molecular flexibility index (Phi) is 4.11. The zero-order valence-corrected chi connectivity index (χ0v) is 11.5. The van der Waals surface area contributed by atoms with Gasteiger partial charge in [0.25, 0.3) is 0 Å². The molecule has 6 heteroatoms. The number of benzene rings is 1. The van der Waals surface area contributed by atoms with Gasteiger partial charge in [0.1, 0.15) is 0 Å². The van der Waals surface area contributed by atoms with Crippen LogP contribution in [0.25, 0.3) is 0 Å². The van der Waals surface area contributed by atoms with E-state index in [1.165, 1.54) is 18.3 Å². The van der Waals surface area contributed by atoms with Crippen molar-refractivity contribution in [2.24, 2.45) is 0 Å². The van der Waals surface area contributed by atoms with Crippen LogP contribution in [0.5, 0.6) is 11.6 Å². The van der Waals surface area contributed by atoms with Crippen LogP contribution in [0.1, 0.15) is 18.6 Å². The second-order valence-electron chi connectivity index (χ2n) is 3.91. The summed E-state index contributed by atoms with van der Waals surface area (Å²) in [5.74, 6) is -2.31. The van der Waals surface area contributed by atoms with Crippen molar-refractivity contribution in [2.75, 3.05) is 0 Å². The average molecular weight is 330 g/mol. The quantitative estimate of drug-likeness (QED) is 0.866. The highest BCUT2D eigenvalue weighted by Gasteiger charge is 2.13. The monoisotopic (exact) mass is 329 g/mol. The lowest BCUT2D eigenvalue weighted by atomic mass is 10.2. The van der Waals surface area contributed by atoms with E-state index in [0.717, 1.165) is 6.07 Å². The lowest BCUT2D eigenvalue weighted by molar-refractivity contribution is 0.198. The van der Waals surface area contributed by atoms with Crippen molar-refractivity contribution in [1.82, 2.24) is 4.98 Å². The summed E-state index contributed by atoms with van der Waals surface area (Å²) in [5.41, 5.74) is 0.570. The molecule has 1 aromatic carbocycles. The molecule has 0 amide bonds. The average Bonchev–Trinajstić information content (AvgIpc) is 2.35. The number of hydrogen-bond acceptors (Lipinski definition) is 3. The minimum Gasteiger partial charge on any atom is -0.436 e. The molecule has 1 N–H and O–H groups in total. The van der Waals surface area contributed by atoms with Crippen molar-refractivity contribution in [3.63, 3.8) is 0 Å². The number of aliphatic hydroxyl groups excluding tert-OH is 1. The lowest BCUT2D eigenvalue weighted by Crippen LogP contribution is -1.96. The summed E-state index contributed by atoms with van der Waals surface area (Å²) in [6, 6.07) is 5.37. The Morgan fingerprint density at radius 1 is 1.32 bits per heavy atom. The molecule has 1 atom stereocenters. The lowest BCUT2D eigenvalue weighted by Gasteiger charge is -2.09. The summed E-state index contributed by atoms with van der Waals surface area (Å²) in [6.45, 7) is 1.58. The first-order valence-electron chi connectivity index (χ1n) is 5.44. The largest absolute Gasteiger partial charge is 0.436 e. The third-order valence-corrected chi connectivity index (χ3v) is 2.87. The molecule has 0 saturated carbocycles. The second kappa shape index (κ2) is 5.63. The van der Waals surface area contributed by atoms with Crippen LogP contribution < -0.4 is 4.74 Å². The van der Waals surface area contributed by atoms with Gasteiger partial charge in [0, 0.05) is 16.7 Å². The van der Waals surface area contributed by atoms with E-state index in [4.69, 9.17) is 4.74 Å². The van der Waals surface area contributed by atoms with Crippen molar-refractivity contribution < 1.29 is 18.6 Å². The molecule has 2 rings (SSSR count). The Hall–Kier alpha value is -1.53. The van der Waals surface area contributed by atoms with Gasteiger partial charge in [-0.25, -0.2) is 9.37 Å². The van der Waals surface area contributed by atoms with Gasteiger partial charge >= 0.3 is 0 Å². The molecule has 0 aliphatic heterocycles. The van der Waals surface area contributed by atoms with E-state index in [1.807, 2.05) is 0 Å². The molecule has 0 radical (unpaired) electrons. The van der Waals surface area contributed by atoms with Crippen LogP contribution in [0, 0.1) is 11.6 Å². The van der Waals surface area contributed by atoms with Gasteiger partial charge in [-0.1, -0.05) is 15.9 Å². The Morgan fingerprint density at radius 3 is 2.74 bits per heavy atom. The first-order valence-corrected chi connectivity index (χ1v) is 6.23. The predicted molar refractivity (Wildman–Crippen MR) is 69.0 cm³/mol. The van der Waals surface area contributed by atoms with E-state index in [9.17, 15) is 13.9 Å². The summed E-state index contributed by atoms with van der Waals surface area (Å²) in [5, 5.41) is 9.43. The number of halogens is 3. The van der Waals surface area contributed by atoms with Crippen molar-refractivity contribution in [3.8, 4) is 11.6 Å². The van der Waals surface area contributed by atoms with Gasteiger partial charge in [-0.3, -0.25) is 0 Å². The molecule has 0 aliphatic carbocycles. The molecule has 1 aromatic heterocycles. The van der Waals surface area contributed by atoms with Gasteiger partial charge in [-0.2, -0.15) is 4.39 Å². The molecule has 1 heterocycles. The van der Waals surface area contributed by atoms with E-state index in [1.54, 1.807) is 13.0 Å². The van der Waals surface area contributed by atoms with E-state index >= 15 is 0 Å². The van der Waals surface area contributed by atoms with Gasteiger partial charge in [0.05, 0.1) is 6.10 Å². The number of nitrogens with zero attached hydrogens (tertiary/aromatic N) is 1. The normalized spacial score (nSPS) is 12.3. The van der Waals surface area contributed by atoms with Crippen molar-refractivity contribution in [2.45, 2.75) is 13.0 Å². The molecule has 19 heavy (non-hydrogen) atoms. The molecular weight excluding hydrogens is 320 g/mol. The standard InChI is InChI=1S/C13H10BrF2NO2/c1-7(18)8-2-3-17-12(4-8)19-11-6-9(14)5-10(15)13(11)16/h2-7,18H,1H3. The fraction of sp³-hybridized carbons (Fsp3) is 0.154. The number of pyridine rings is 1. The molecule has 0 fully saturated rings. The highest BCUT2D eigenvalue weighted by molar-refractivity contribution is 9.10. The van der Waals surface area contributed by atoms with Gasteiger partial charge in [-0.05, 0) is 30.7 Å². The predicted octanol–water partition coefficient (Wildman–Crippen LogP) is 3.97. The summed E-state index contributed by atoms with van der Waals surface area (Å²) < 4.78 is 32.3. The van der Waals surface area contributed by atoms with Crippen molar-refractivity contribution in [1.29, 1.82) is 0 Å². The summed E-state index contributed by atoms with van der Waals surface area (Å²) in [7, 11) is 0. The maximum absolute atomic E-state index is 13.5. The number of aliphatic hydroxyl groups is 1. The zero-order chi connectivity index (χ0) is 14.0. The maximum atomic E-state index is 13.5. The van der Waals surface area contributed by atoms with Crippen molar-refractivity contribution >= 4 is 15.9 Å². The zero-order valence-electron chi connectivity index (χ0n) is 9.90. The maximum Gasteiger partial charge on any atom is 0.219 e. The summed E-state index contributed by atoms with van der Waals surface area (Å²) in [6.07, 6.45) is 0.721. The van der Waals surface area contributed by atoms with Crippen LogP contribution in [-0.2, 0) is 0 Å². The fourth-order valence-electron chi connectivity index (χ4n) is 1.46. The van der Waals surface area contributed by atoms with Crippen LogP contribution in [0.2, 0.25) is 0 Å². The Bertz CT molecular complexity index is 605. The minimum absolute atomic E-state index is 0.0785. The molecule has 0 spiro atoms. The van der Waals surface area contributed by atoms with E-state index < -0.39 is 17.7 Å². The molecule has 100 valence electrons. The van der Waals surface area contributed by atoms with E-state index in [2.05, 4.69) is 20.9 Å². The van der Waals surface area contributed by atoms with E-state index in [-0.39, 0.29) is 11.6 Å². The summed E-state index contributed by atoms with van der Waals surface area (Å²) >= 11 is 3.05. The Morgan fingerprint density at radius 2 is 2.05 bits per heavy atom. The fourth-order valence-corrected chi connectivity index (χ4v) is 1.87. The Balaban J connectivity index is 2.33. The number of hydrogen-bond donors (Lipinski definition) is 1. The van der Waals surface area contributed by atoms with Crippen LogP contribution in [0.15, 0.2) is 34.9 Å². The highest BCUT2D eigenvalue weighted by atomic mass is 79.9. The molecule has 0 bridgehead atoms. The molecule has 2 aromatic rings. The molecule has 0 aliphatic rings.